The van der Waals surface area contributed by atoms with Crippen LogP contribution >= 0.6 is 15.9 Å². The Bertz CT molecular complexity index is 1380. The lowest BCUT2D eigenvalue weighted by molar-refractivity contribution is -0.391. The molecule has 1 aromatic heterocycles. The largest absolute Gasteiger partial charge is 0.507 e. The van der Waals surface area contributed by atoms with Crippen molar-refractivity contribution >= 4 is 42.7 Å². The van der Waals surface area contributed by atoms with Crippen molar-refractivity contribution < 1.29 is 40.4 Å². The molecule has 2 heterocycles. The van der Waals surface area contributed by atoms with Crippen molar-refractivity contribution in [2.75, 3.05) is 0 Å². The second-order valence-electron chi connectivity index (χ2n) is 6.38. The number of hydrogen-bond acceptors (Lipinski definition) is 7. The number of nitro benzene ring substituents is 1. The third-order valence-corrected chi connectivity index (χ3v) is 6.97. The Morgan fingerprint density at radius 1 is 1.10 bits per heavy atom. The maximum Gasteiger partial charge on any atom is 0.507 e. The van der Waals surface area contributed by atoms with Crippen LogP contribution in [0.2, 0.25) is 0 Å². The molecule has 0 N–H and O–H groups in total. The molecule has 0 radical (unpaired) electrons. The Hall–Kier alpha value is -2.94. The van der Waals surface area contributed by atoms with Crippen molar-refractivity contribution in [2.24, 2.45) is 0 Å². The monoisotopic (exact) mass is 525 g/mol. The van der Waals surface area contributed by atoms with Gasteiger partial charge in [-0.3, -0.25) is 10.1 Å². The normalized spacial score (nSPS) is 17.0. The number of halogens is 5. The Balaban J connectivity index is 1.95. The fraction of sp³-hybridized carbons (Fsp3) is 0.188. The van der Waals surface area contributed by atoms with Crippen LogP contribution in [0.1, 0.15) is 5.56 Å². The molecule has 2 aromatic carbocycles. The number of fused-ring (bicyclic) bond motifs is 2. The van der Waals surface area contributed by atoms with Crippen molar-refractivity contribution in [3.8, 4) is 11.5 Å². The van der Waals surface area contributed by atoms with Gasteiger partial charge in [0.25, 0.3) is 15.7 Å². The predicted octanol–water partition coefficient (Wildman–Crippen LogP) is 4.21. The topological polar surface area (TPSA) is 114 Å². The molecule has 1 aliphatic rings. The van der Waals surface area contributed by atoms with E-state index in [2.05, 4.69) is 30.4 Å². The Morgan fingerprint density at radius 2 is 1.68 bits per heavy atom. The lowest BCUT2D eigenvalue weighted by Gasteiger charge is -2.31. The van der Waals surface area contributed by atoms with E-state index in [-0.39, 0.29) is 21.3 Å². The van der Waals surface area contributed by atoms with Gasteiger partial charge in [0.15, 0.2) is 16.2 Å². The summed E-state index contributed by atoms with van der Waals surface area (Å²) < 4.78 is 88.7. The number of ether oxygens (including phenoxy) is 2. The van der Waals surface area contributed by atoms with E-state index in [0.717, 1.165) is 24.3 Å². The van der Waals surface area contributed by atoms with Gasteiger partial charge in [-0.05, 0) is 28.4 Å². The van der Waals surface area contributed by atoms with Crippen LogP contribution in [0.25, 0.3) is 11.0 Å². The summed E-state index contributed by atoms with van der Waals surface area (Å²) >= 11 is 2.93. The van der Waals surface area contributed by atoms with E-state index in [4.69, 9.17) is 0 Å². The average molecular weight is 526 g/mol. The number of rotatable bonds is 3. The first kappa shape index (κ1) is 21.3. The molecule has 0 saturated heterocycles. The van der Waals surface area contributed by atoms with Crippen molar-refractivity contribution in [2.45, 2.75) is 24.0 Å². The molecule has 1 aliphatic heterocycles. The zero-order chi connectivity index (χ0) is 22.9. The number of imidazole rings is 1. The lowest BCUT2D eigenvalue weighted by atomic mass is 10.2. The molecule has 0 amide bonds. The number of nitrogens with zero attached hydrogens (tertiary/aromatic N) is 3. The molecule has 0 aliphatic carbocycles. The first-order valence-corrected chi connectivity index (χ1v) is 10.3. The molecule has 0 unspecified atom stereocenters. The molecular weight excluding hydrogens is 518 g/mol. The van der Waals surface area contributed by atoms with Crippen LogP contribution < -0.4 is 9.47 Å². The standard InChI is InChI=1S/C16H8BrF4N3O6S/c1-7-2-3-8(24(25)26)4-13(7)31(27,28)23-10-6-12-11(5-9(10)22-14(23)17)29-15(18,19)16(20,21)30-12/h2-6H,1H3. The van der Waals surface area contributed by atoms with Crippen molar-refractivity contribution in [3.63, 3.8) is 0 Å². The highest BCUT2D eigenvalue weighted by molar-refractivity contribution is 9.10. The second-order valence-corrected chi connectivity index (χ2v) is 8.85. The average Bonchev–Trinajstić information content (AvgIpc) is 2.95. The van der Waals surface area contributed by atoms with Gasteiger partial charge in [-0.1, -0.05) is 6.07 Å². The quantitative estimate of drug-likeness (QED) is 0.286. The van der Waals surface area contributed by atoms with E-state index >= 15 is 0 Å². The second kappa shape index (κ2) is 6.53. The van der Waals surface area contributed by atoms with E-state index in [0.29, 0.717) is 3.97 Å². The number of nitro groups is 1. The molecule has 0 spiro atoms. The molecule has 15 heteroatoms. The van der Waals surface area contributed by atoms with E-state index in [9.17, 15) is 36.1 Å². The van der Waals surface area contributed by atoms with Crippen LogP contribution in [0.4, 0.5) is 23.2 Å². The molecule has 0 bridgehead atoms. The van der Waals surface area contributed by atoms with Gasteiger partial charge in [-0.2, -0.15) is 17.6 Å². The van der Waals surface area contributed by atoms with Crippen LogP contribution in [0.3, 0.4) is 0 Å². The lowest BCUT2D eigenvalue weighted by Crippen LogP contribution is -2.52. The third-order valence-electron chi connectivity index (χ3n) is 4.36. The molecule has 3 aromatic rings. The number of non-ortho nitro benzene ring substituents is 1. The van der Waals surface area contributed by atoms with Gasteiger partial charge >= 0.3 is 12.2 Å². The van der Waals surface area contributed by atoms with Crippen molar-refractivity contribution in [1.82, 2.24) is 8.96 Å². The van der Waals surface area contributed by atoms with E-state index < -0.39 is 49.2 Å². The van der Waals surface area contributed by atoms with Crippen molar-refractivity contribution in [3.05, 3.63) is 50.7 Å². The molecule has 0 saturated carbocycles. The van der Waals surface area contributed by atoms with E-state index in [1.807, 2.05) is 0 Å². The maximum absolute atomic E-state index is 13.5. The molecule has 0 atom stereocenters. The van der Waals surface area contributed by atoms with Gasteiger partial charge in [0, 0.05) is 24.3 Å². The van der Waals surface area contributed by atoms with Crippen LogP contribution in [0, 0.1) is 17.0 Å². The van der Waals surface area contributed by atoms with Gasteiger partial charge < -0.3 is 9.47 Å². The van der Waals surface area contributed by atoms with Crippen LogP contribution in [0.15, 0.2) is 40.0 Å². The van der Waals surface area contributed by atoms with Crippen molar-refractivity contribution in [1.29, 1.82) is 0 Å². The summed E-state index contributed by atoms with van der Waals surface area (Å²) in [5.41, 5.74) is -0.869. The van der Waals surface area contributed by atoms with E-state index in [1.165, 1.54) is 13.0 Å². The third kappa shape index (κ3) is 3.18. The highest BCUT2D eigenvalue weighted by Gasteiger charge is 2.66. The first-order valence-electron chi connectivity index (χ1n) is 8.11. The molecular formula is C16H8BrF4N3O6S. The SMILES string of the molecule is Cc1ccc([N+](=O)[O-])cc1S(=O)(=O)n1c(Br)nc2cc3c(cc21)OC(F)(F)C(F)(F)O3. The summed E-state index contributed by atoms with van der Waals surface area (Å²) in [5, 5.41) is 11.1. The van der Waals surface area contributed by atoms with Gasteiger partial charge in [-0.25, -0.2) is 17.4 Å². The van der Waals surface area contributed by atoms with Crippen LogP contribution in [-0.4, -0.2) is 34.5 Å². The fourth-order valence-corrected chi connectivity index (χ4v) is 5.44. The molecule has 9 nitrogen and oxygen atoms in total. The zero-order valence-electron chi connectivity index (χ0n) is 15.0. The van der Waals surface area contributed by atoms with Gasteiger partial charge in [-0.15, -0.1) is 0 Å². The van der Waals surface area contributed by atoms with E-state index in [1.54, 1.807) is 0 Å². The number of aryl methyl sites for hydroxylation is 1. The number of hydrogen-bond donors (Lipinski definition) is 0. The molecule has 0 fully saturated rings. The van der Waals surface area contributed by atoms with Gasteiger partial charge in [0.05, 0.1) is 20.9 Å². The smallest absolute Gasteiger partial charge is 0.421 e. The summed E-state index contributed by atoms with van der Waals surface area (Å²) in [5.74, 6) is -1.62. The Morgan fingerprint density at radius 3 is 2.26 bits per heavy atom. The zero-order valence-corrected chi connectivity index (χ0v) is 17.4. The predicted molar refractivity (Wildman–Crippen MR) is 99.0 cm³/mol. The minimum atomic E-state index is -5.01. The molecule has 31 heavy (non-hydrogen) atoms. The maximum atomic E-state index is 13.5. The summed E-state index contributed by atoms with van der Waals surface area (Å²) in [4.78, 5) is 13.7. The first-order chi connectivity index (χ1) is 14.2. The van der Waals surface area contributed by atoms with Gasteiger partial charge in [0.2, 0.25) is 0 Å². The minimum Gasteiger partial charge on any atom is -0.421 e. The fourth-order valence-electron chi connectivity index (χ4n) is 2.90. The Kier molecular flexibility index (Phi) is 4.48. The molecule has 4 rings (SSSR count). The summed E-state index contributed by atoms with van der Waals surface area (Å²) in [6, 6.07) is 4.72. The van der Waals surface area contributed by atoms with Crippen LogP contribution in [-0.2, 0) is 10.0 Å². The molecule has 164 valence electrons. The number of aromatic nitrogens is 2. The van der Waals surface area contributed by atoms with Crippen LogP contribution in [0.5, 0.6) is 11.5 Å². The summed E-state index contributed by atoms with van der Waals surface area (Å²) in [6.45, 7) is 1.39. The highest BCUT2D eigenvalue weighted by Crippen LogP contribution is 2.48. The summed E-state index contributed by atoms with van der Waals surface area (Å²) in [6.07, 6.45) is -9.97. The number of benzene rings is 2. The Labute approximate surface area is 178 Å². The highest BCUT2D eigenvalue weighted by atomic mass is 79.9. The minimum absolute atomic E-state index is 0.156. The van der Waals surface area contributed by atoms with Gasteiger partial charge in [0.1, 0.15) is 0 Å². The summed E-state index contributed by atoms with van der Waals surface area (Å²) in [7, 11) is -4.55. The number of alkyl halides is 4.